The summed E-state index contributed by atoms with van der Waals surface area (Å²) >= 11 is 0. The fraction of sp³-hybridized carbons (Fsp3) is 0.750. The first-order valence-electron chi connectivity index (χ1n) is 5.77. The van der Waals surface area contributed by atoms with E-state index in [1.54, 1.807) is 0 Å². The van der Waals surface area contributed by atoms with Gasteiger partial charge in [-0.1, -0.05) is 20.8 Å². The molecule has 0 aliphatic heterocycles. The second kappa shape index (κ2) is 5.31. The summed E-state index contributed by atoms with van der Waals surface area (Å²) < 4.78 is 1.88. The first-order valence-corrected chi connectivity index (χ1v) is 5.77. The Hall–Kier alpha value is -0.830. The molecule has 86 valence electrons. The van der Waals surface area contributed by atoms with Crippen LogP contribution < -0.4 is 5.32 Å². The van der Waals surface area contributed by atoms with E-state index in [2.05, 4.69) is 44.3 Å². The fourth-order valence-corrected chi connectivity index (χ4v) is 1.91. The number of nitrogens with zero attached hydrogens (tertiary/aromatic N) is 2. The molecule has 0 fully saturated rings. The standard InChI is InChI=1S/C12H23N3/c1-6-12(9(2)3)13-7-11-8-15(5)14-10(11)4/h8-9,12-13H,6-7H2,1-5H3. The van der Waals surface area contributed by atoms with E-state index in [-0.39, 0.29) is 0 Å². The highest BCUT2D eigenvalue weighted by Gasteiger charge is 2.11. The van der Waals surface area contributed by atoms with Crippen molar-refractivity contribution in [2.24, 2.45) is 13.0 Å². The number of hydrogen-bond donors (Lipinski definition) is 1. The minimum atomic E-state index is 0.601. The van der Waals surface area contributed by atoms with Gasteiger partial charge < -0.3 is 5.32 Å². The molecular weight excluding hydrogens is 186 g/mol. The fourth-order valence-electron chi connectivity index (χ4n) is 1.91. The Labute approximate surface area is 92.9 Å². The van der Waals surface area contributed by atoms with Crippen molar-refractivity contribution in [2.45, 2.75) is 46.7 Å². The normalized spacial score (nSPS) is 13.5. The summed E-state index contributed by atoms with van der Waals surface area (Å²) in [5, 5.41) is 7.92. The summed E-state index contributed by atoms with van der Waals surface area (Å²) in [6.07, 6.45) is 3.27. The molecule has 1 rings (SSSR count). The van der Waals surface area contributed by atoms with E-state index in [4.69, 9.17) is 0 Å². The molecule has 0 amide bonds. The van der Waals surface area contributed by atoms with E-state index < -0.39 is 0 Å². The van der Waals surface area contributed by atoms with E-state index in [9.17, 15) is 0 Å². The van der Waals surface area contributed by atoms with E-state index in [0.29, 0.717) is 12.0 Å². The molecule has 1 heterocycles. The summed E-state index contributed by atoms with van der Waals surface area (Å²) in [6, 6.07) is 0.601. The molecule has 0 bridgehead atoms. The van der Waals surface area contributed by atoms with Gasteiger partial charge in [-0.3, -0.25) is 4.68 Å². The van der Waals surface area contributed by atoms with Gasteiger partial charge in [-0.05, 0) is 19.3 Å². The third-order valence-electron chi connectivity index (χ3n) is 2.91. The zero-order valence-corrected chi connectivity index (χ0v) is 10.5. The van der Waals surface area contributed by atoms with Crippen LogP contribution in [0.15, 0.2) is 6.20 Å². The minimum absolute atomic E-state index is 0.601. The number of nitrogens with one attached hydrogen (secondary N) is 1. The van der Waals surface area contributed by atoms with Crippen molar-refractivity contribution >= 4 is 0 Å². The van der Waals surface area contributed by atoms with Gasteiger partial charge >= 0.3 is 0 Å². The Balaban J connectivity index is 2.52. The lowest BCUT2D eigenvalue weighted by atomic mass is 10.0. The molecule has 15 heavy (non-hydrogen) atoms. The van der Waals surface area contributed by atoms with Crippen LogP contribution in [0.25, 0.3) is 0 Å². The Morgan fingerprint density at radius 1 is 1.47 bits per heavy atom. The molecule has 1 aromatic rings. The lowest BCUT2D eigenvalue weighted by Crippen LogP contribution is -2.32. The molecule has 1 atom stereocenters. The smallest absolute Gasteiger partial charge is 0.0638 e. The molecule has 1 unspecified atom stereocenters. The Kier molecular flexibility index (Phi) is 4.33. The van der Waals surface area contributed by atoms with Crippen LogP contribution in [0.3, 0.4) is 0 Å². The molecule has 0 saturated carbocycles. The van der Waals surface area contributed by atoms with Gasteiger partial charge in [0, 0.05) is 31.4 Å². The summed E-state index contributed by atoms with van der Waals surface area (Å²) in [4.78, 5) is 0. The van der Waals surface area contributed by atoms with Crippen molar-refractivity contribution in [2.75, 3.05) is 0 Å². The minimum Gasteiger partial charge on any atom is -0.310 e. The van der Waals surface area contributed by atoms with Crippen LogP contribution in [0.5, 0.6) is 0 Å². The number of aromatic nitrogens is 2. The molecule has 1 N–H and O–H groups in total. The summed E-state index contributed by atoms with van der Waals surface area (Å²) in [5.74, 6) is 0.687. The van der Waals surface area contributed by atoms with Gasteiger partial charge in [0.25, 0.3) is 0 Å². The van der Waals surface area contributed by atoms with Gasteiger partial charge in [0.15, 0.2) is 0 Å². The lowest BCUT2D eigenvalue weighted by Gasteiger charge is -2.20. The van der Waals surface area contributed by atoms with E-state index in [1.807, 2.05) is 11.7 Å². The molecule has 0 aromatic carbocycles. The molecule has 0 radical (unpaired) electrons. The maximum Gasteiger partial charge on any atom is 0.0638 e. The van der Waals surface area contributed by atoms with Crippen LogP contribution in [0, 0.1) is 12.8 Å². The molecule has 0 saturated heterocycles. The second-order valence-electron chi connectivity index (χ2n) is 4.55. The molecular formula is C12H23N3. The van der Waals surface area contributed by atoms with Gasteiger partial charge in [0.1, 0.15) is 0 Å². The van der Waals surface area contributed by atoms with Gasteiger partial charge in [-0.2, -0.15) is 5.10 Å². The number of rotatable bonds is 5. The van der Waals surface area contributed by atoms with Crippen LogP contribution in [0.4, 0.5) is 0 Å². The topological polar surface area (TPSA) is 29.9 Å². The van der Waals surface area contributed by atoms with Crippen molar-refractivity contribution in [3.05, 3.63) is 17.5 Å². The van der Waals surface area contributed by atoms with E-state index in [1.165, 1.54) is 12.0 Å². The van der Waals surface area contributed by atoms with E-state index >= 15 is 0 Å². The van der Waals surface area contributed by atoms with Crippen LogP contribution in [-0.4, -0.2) is 15.8 Å². The Morgan fingerprint density at radius 2 is 2.13 bits per heavy atom. The molecule has 0 aliphatic rings. The van der Waals surface area contributed by atoms with Gasteiger partial charge in [-0.15, -0.1) is 0 Å². The average molecular weight is 209 g/mol. The van der Waals surface area contributed by atoms with Gasteiger partial charge in [0.05, 0.1) is 5.69 Å². The quantitative estimate of drug-likeness (QED) is 0.806. The summed E-state index contributed by atoms with van der Waals surface area (Å²) in [6.45, 7) is 9.74. The van der Waals surface area contributed by atoms with Crippen LogP contribution in [0.1, 0.15) is 38.4 Å². The van der Waals surface area contributed by atoms with Crippen molar-refractivity contribution in [1.29, 1.82) is 0 Å². The van der Waals surface area contributed by atoms with Crippen molar-refractivity contribution in [1.82, 2.24) is 15.1 Å². The zero-order chi connectivity index (χ0) is 11.4. The van der Waals surface area contributed by atoms with Crippen LogP contribution >= 0.6 is 0 Å². The van der Waals surface area contributed by atoms with E-state index in [0.717, 1.165) is 12.2 Å². The average Bonchev–Trinajstić information content (AvgIpc) is 2.45. The Morgan fingerprint density at radius 3 is 2.53 bits per heavy atom. The van der Waals surface area contributed by atoms with Crippen molar-refractivity contribution in [3.63, 3.8) is 0 Å². The summed E-state index contributed by atoms with van der Waals surface area (Å²) in [5.41, 5.74) is 2.43. The zero-order valence-electron chi connectivity index (χ0n) is 10.5. The Bertz CT molecular complexity index is 302. The van der Waals surface area contributed by atoms with Crippen molar-refractivity contribution in [3.8, 4) is 0 Å². The molecule has 1 aromatic heterocycles. The van der Waals surface area contributed by atoms with Crippen LogP contribution in [-0.2, 0) is 13.6 Å². The predicted molar refractivity (Wildman–Crippen MR) is 63.7 cm³/mol. The summed E-state index contributed by atoms with van der Waals surface area (Å²) in [7, 11) is 1.97. The highest BCUT2D eigenvalue weighted by molar-refractivity contribution is 5.14. The maximum atomic E-state index is 4.34. The highest BCUT2D eigenvalue weighted by Crippen LogP contribution is 2.09. The lowest BCUT2D eigenvalue weighted by molar-refractivity contribution is 0.387. The van der Waals surface area contributed by atoms with Gasteiger partial charge in [-0.25, -0.2) is 0 Å². The maximum absolute atomic E-state index is 4.34. The monoisotopic (exact) mass is 209 g/mol. The van der Waals surface area contributed by atoms with Crippen LogP contribution in [0.2, 0.25) is 0 Å². The van der Waals surface area contributed by atoms with Crippen molar-refractivity contribution < 1.29 is 0 Å². The molecule has 3 nitrogen and oxygen atoms in total. The first-order chi connectivity index (χ1) is 7.04. The first kappa shape index (κ1) is 12.2. The molecule has 3 heteroatoms. The highest BCUT2D eigenvalue weighted by atomic mass is 15.2. The predicted octanol–water partition coefficient (Wildman–Crippen LogP) is 2.25. The third-order valence-corrected chi connectivity index (χ3v) is 2.91. The SMILES string of the molecule is CCC(NCc1cn(C)nc1C)C(C)C. The number of hydrogen-bond acceptors (Lipinski definition) is 2. The largest absolute Gasteiger partial charge is 0.310 e. The molecule has 0 aliphatic carbocycles. The van der Waals surface area contributed by atoms with Gasteiger partial charge in [0.2, 0.25) is 0 Å². The number of aryl methyl sites for hydroxylation is 2. The second-order valence-corrected chi connectivity index (χ2v) is 4.55. The molecule has 0 spiro atoms. The third kappa shape index (κ3) is 3.34.